The number of unbranched alkanes of at least 4 members (excludes halogenated alkanes) is 28. The van der Waals surface area contributed by atoms with Crippen molar-refractivity contribution in [2.45, 2.75) is 309 Å². The Labute approximate surface area is 488 Å². The summed E-state index contributed by atoms with van der Waals surface area (Å²) < 4.78 is 16.9. The average Bonchev–Trinajstić information content (AvgIpc) is 3.45. The van der Waals surface area contributed by atoms with Crippen LogP contribution in [0, 0.1) is 0 Å². The Morgan fingerprint density at radius 2 is 0.494 bits per heavy atom. The van der Waals surface area contributed by atoms with Crippen molar-refractivity contribution < 1.29 is 28.6 Å². The van der Waals surface area contributed by atoms with Crippen LogP contribution in [0.4, 0.5) is 0 Å². The van der Waals surface area contributed by atoms with E-state index < -0.39 is 6.10 Å². The summed E-state index contributed by atoms with van der Waals surface area (Å²) in [6, 6.07) is 0. The molecule has 0 spiro atoms. The molecule has 6 nitrogen and oxygen atoms in total. The summed E-state index contributed by atoms with van der Waals surface area (Å²) in [6.07, 6.45) is 92.1. The predicted molar refractivity (Wildman–Crippen MR) is 343 cm³/mol. The van der Waals surface area contributed by atoms with Crippen molar-refractivity contribution in [2.75, 3.05) is 13.2 Å². The zero-order valence-electron chi connectivity index (χ0n) is 51.6. The Morgan fingerprint density at radius 3 is 0.772 bits per heavy atom. The molecule has 0 fully saturated rings. The molecule has 0 heterocycles. The molecule has 0 saturated carbocycles. The van der Waals surface area contributed by atoms with E-state index in [4.69, 9.17) is 14.2 Å². The molecule has 0 aromatic rings. The fraction of sp³-hybridized carbons (Fsp3) is 0.685. The third kappa shape index (κ3) is 64.5. The number of hydrogen-bond donors (Lipinski definition) is 0. The Balaban J connectivity index is 4.31. The van der Waals surface area contributed by atoms with Gasteiger partial charge in [0.1, 0.15) is 13.2 Å². The topological polar surface area (TPSA) is 78.9 Å². The van der Waals surface area contributed by atoms with E-state index in [2.05, 4.69) is 142 Å². The molecule has 0 aliphatic rings. The third-order valence-corrected chi connectivity index (χ3v) is 13.9. The van der Waals surface area contributed by atoms with Crippen LogP contribution in [-0.2, 0) is 28.6 Å². The van der Waals surface area contributed by atoms with Gasteiger partial charge in [-0.05, 0) is 128 Å². The summed E-state index contributed by atoms with van der Waals surface area (Å²) in [7, 11) is 0. The molecule has 0 aliphatic heterocycles. The third-order valence-electron chi connectivity index (χ3n) is 13.9. The van der Waals surface area contributed by atoms with Gasteiger partial charge < -0.3 is 14.2 Å². The summed E-state index contributed by atoms with van der Waals surface area (Å²) >= 11 is 0. The smallest absolute Gasteiger partial charge is 0.306 e. The quantitative estimate of drug-likeness (QED) is 0.0261. The van der Waals surface area contributed by atoms with E-state index in [1.165, 1.54) is 122 Å². The van der Waals surface area contributed by atoms with E-state index >= 15 is 0 Å². The highest BCUT2D eigenvalue weighted by Crippen LogP contribution is 2.16. The van der Waals surface area contributed by atoms with Gasteiger partial charge in [0.15, 0.2) is 6.10 Å². The minimum Gasteiger partial charge on any atom is -0.462 e. The molecule has 1 atom stereocenters. The number of carbonyl (C=O) groups is 3. The molecule has 0 N–H and O–H groups in total. The van der Waals surface area contributed by atoms with Crippen molar-refractivity contribution >= 4 is 17.9 Å². The number of esters is 3. The Kier molecular flexibility index (Phi) is 62.8. The molecule has 0 saturated heterocycles. The number of hydrogen-bond acceptors (Lipinski definition) is 6. The van der Waals surface area contributed by atoms with Crippen LogP contribution < -0.4 is 0 Å². The number of rotatable bonds is 59. The van der Waals surface area contributed by atoms with Gasteiger partial charge in [0.25, 0.3) is 0 Å². The monoisotopic (exact) mass is 1090 g/mol. The lowest BCUT2D eigenvalue weighted by molar-refractivity contribution is -0.167. The molecule has 0 aromatic heterocycles. The van der Waals surface area contributed by atoms with Gasteiger partial charge in [-0.25, -0.2) is 0 Å². The minimum atomic E-state index is -0.793. The van der Waals surface area contributed by atoms with Gasteiger partial charge in [-0.1, -0.05) is 277 Å². The predicted octanol–water partition coefficient (Wildman–Crippen LogP) is 22.8. The number of ether oxygens (including phenoxy) is 3. The molecule has 0 radical (unpaired) electrons. The van der Waals surface area contributed by atoms with Gasteiger partial charge >= 0.3 is 17.9 Å². The Bertz CT molecular complexity index is 1640. The van der Waals surface area contributed by atoms with E-state index in [0.29, 0.717) is 19.3 Å². The second kappa shape index (κ2) is 66.3. The van der Waals surface area contributed by atoms with E-state index in [0.717, 1.165) is 141 Å². The first-order chi connectivity index (χ1) is 39.0. The van der Waals surface area contributed by atoms with Gasteiger partial charge in [-0.2, -0.15) is 0 Å². The van der Waals surface area contributed by atoms with E-state index in [1.54, 1.807) is 0 Å². The average molecular weight is 1100 g/mol. The van der Waals surface area contributed by atoms with Crippen LogP contribution in [-0.4, -0.2) is 37.2 Å². The normalized spacial score (nSPS) is 12.9. The molecule has 450 valence electrons. The first-order valence-electron chi connectivity index (χ1n) is 33.0. The van der Waals surface area contributed by atoms with Crippen molar-refractivity contribution in [1.29, 1.82) is 0 Å². The fourth-order valence-corrected chi connectivity index (χ4v) is 9.04. The van der Waals surface area contributed by atoms with E-state index in [-0.39, 0.29) is 31.1 Å². The maximum absolute atomic E-state index is 12.9. The van der Waals surface area contributed by atoms with Crippen LogP contribution in [0.5, 0.6) is 0 Å². The molecule has 0 rings (SSSR count). The van der Waals surface area contributed by atoms with Gasteiger partial charge in [0, 0.05) is 19.3 Å². The van der Waals surface area contributed by atoms with Crippen LogP contribution in [0.2, 0.25) is 0 Å². The van der Waals surface area contributed by atoms with Crippen LogP contribution in [0.25, 0.3) is 0 Å². The molecular weight excluding hydrogens is 973 g/mol. The van der Waals surface area contributed by atoms with Crippen LogP contribution in [0.15, 0.2) is 122 Å². The molecule has 1 unspecified atom stereocenters. The van der Waals surface area contributed by atoms with Crippen LogP contribution >= 0.6 is 0 Å². The second-order valence-corrected chi connectivity index (χ2v) is 21.6. The lowest BCUT2D eigenvalue weighted by Gasteiger charge is -2.18. The van der Waals surface area contributed by atoms with Gasteiger partial charge in [-0.3, -0.25) is 14.4 Å². The minimum absolute atomic E-state index is 0.0881. The highest BCUT2D eigenvalue weighted by atomic mass is 16.6. The first kappa shape index (κ1) is 74.8. The highest BCUT2D eigenvalue weighted by molar-refractivity contribution is 5.71. The Hall–Kier alpha value is -4.19. The van der Waals surface area contributed by atoms with Crippen molar-refractivity contribution in [3.8, 4) is 0 Å². The van der Waals surface area contributed by atoms with Crippen LogP contribution in [0.1, 0.15) is 303 Å². The van der Waals surface area contributed by atoms with Gasteiger partial charge in [0.2, 0.25) is 0 Å². The lowest BCUT2D eigenvalue weighted by Crippen LogP contribution is -2.30. The second-order valence-electron chi connectivity index (χ2n) is 21.6. The maximum Gasteiger partial charge on any atom is 0.306 e. The lowest BCUT2D eigenvalue weighted by atomic mass is 10.0. The van der Waals surface area contributed by atoms with E-state index in [1.807, 2.05) is 0 Å². The molecular formula is C73H122O6. The number of carbonyl (C=O) groups excluding carboxylic acids is 3. The number of allylic oxidation sites excluding steroid dienone is 20. The fourth-order valence-electron chi connectivity index (χ4n) is 9.04. The van der Waals surface area contributed by atoms with Crippen molar-refractivity contribution in [1.82, 2.24) is 0 Å². The van der Waals surface area contributed by atoms with E-state index in [9.17, 15) is 14.4 Å². The molecule has 0 aliphatic carbocycles. The SMILES string of the molecule is CC/C=C\C/C=C\C/C=C\C/C=C\C/C=C\CCCCCCCCCCCCCCCC(=O)OCC(COC(=O)CCCCCCC/C=C\C/C=C\CCCCC)OC(=O)CCCCCCCCC/C=C\C/C=C\C/C=C\CC. The highest BCUT2D eigenvalue weighted by Gasteiger charge is 2.19. The standard InChI is InChI=1S/C73H122O6/c1-4-7-10-13-16-19-22-25-28-30-31-32-33-34-35-36-37-38-39-40-41-43-45-48-51-54-57-60-63-66-72(75)78-69-70(68-77-71(74)65-62-59-56-53-50-47-44-27-24-21-18-15-12-9-6-3)79-73(76)67-64-61-58-55-52-49-46-42-29-26-23-20-17-14-11-8-5-2/h7-8,10-11,16-21,25-29,31-32,34-35,44,70H,4-6,9,12-15,22-24,30,33,36-43,45-69H2,1-3H3/b10-7-,11-8-,19-16-,20-17-,21-18-,28-25-,29-26-,32-31-,35-34-,44-27-. The first-order valence-corrected chi connectivity index (χ1v) is 33.0. The van der Waals surface area contributed by atoms with Gasteiger partial charge in [0.05, 0.1) is 0 Å². The molecule has 0 amide bonds. The Morgan fingerprint density at radius 1 is 0.266 bits per heavy atom. The summed E-state index contributed by atoms with van der Waals surface area (Å²) in [4.78, 5) is 38.4. The molecule has 0 aromatic carbocycles. The summed E-state index contributed by atoms with van der Waals surface area (Å²) in [5.74, 6) is -0.906. The molecule has 79 heavy (non-hydrogen) atoms. The summed E-state index contributed by atoms with van der Waals surface area (Å²) in [5, 5.41) is 0. The maximum atomic E-state index is 12.9. The van der Waals surface area contributed by atoms with Crippen molar-refractivity contribution in [3.05, 3.63) is 122 Å². The van der Waals surface area contributed by atoms with Crippen molar-refractivity contribution in [2.24, 2.45) is 0 Å². The zero-order chi connectivity index (χ0) is 57.1. The summed E-state index contributed by atoms with van der Waals surface area (Å²) in [5.41, 5.74) is 0. The molecule has 6 heteroatoms. The zero-order valence-corrected chi connectivity index (χ0v) is 51.6. The van der Waals surface area contributed by atoms with Gasteiger partial charge in [-0.15, -0.1) is 0 Å². The van der Waals surface area contributed by atoms with Crippen LogP contribution in [0.3, 0.4) is 0 Å². The summed E-state index contributed by atoms with van der Waals surface area (Å²) in [6.45, 7) is 6.39. The van der Waals surface area contributed by atoms with Crippen molar-refractivity contribution in [3.63, 3.8) is 0 Å². The molecule has 0 bridgehead atoms. The largest absolute Gasteiger partial charge is 0.462 e.